The lowest BCUT2D eigenvalue weighted by atomic mass is 10.0. The molecule has 1 N–H and O–H groups in total. The van der Waals surface area contributed by atoms with E-state index in [0.29, 0.717) is 17.8 Å². The van der Waals surface area contributed by atoms with E-state index in [0.717, 1.165) is 6.42 Å². The van der Waals surface area contributed by atoms with Gasteiger partial charge in [-0.05, 0) is 23.9 Å². The highest BCUT2D eigenvalue weighted by Crippen LogP contribution is 2.14. The maximum absolute atomic E-state index is 5.91. The third-order valence-corrected chi connectivity index (χ3v) is 2.95. The molecule has 2 rings (SSSR count). The second kappa shape index (κ2) is 5.92. The number of halogens is 1. The molecule has 8 heteroatoms. The Bertz CT molecular complexity index is 526. The Morgan fingerprint density at radius 2 is 2.11 bits per heavy atom. The standard InChI is InChI=1S/C11H16ClN7/c1-4-8(7(2)3)15-10-16-9(12)17-11(18-10)19-6-13-5-14-19/h5-8H,4H2,1-3H3,(H,15,16,17,18). The molecule has 0 spiro atoms. The predicted molar refractivity (Wildman–Crippen MR) is 72.3 cm³/mol. The molecule has 2 aromatic heterocycles. The van der Waals surface area contributed by atoms with Crippen LogP contribution in [-0.2, 0) is 0 Å². The van der Waals surface area contributed by atoms with Gasteiger partial charge in [-0.3, -0.25) is 0 Å². The molecule has 0 radical (unpaired) electrons. The summed E-state index contributed by atoms with van der Waals surface area (Å²) in [6, 6.07) is 0.280. The number of hydrogen-bond donors (Lipinski definition) is 1. The molecule has 0 aromatic carbocycles. The second-order valence-corrected chi connectivity index (χ2v) is 4.81. The summed E-state index contributed by atoms with van der Waals surface area (Å²) in [6.45, 7) is 6.39. The number of aromatic nitrogens is 6. The van der Waals surface area contributed by atoms with E-state index < -0.39 is 0 Å². The molecule has 1 unspecified atom stereocenters. The Morgan fingerprint density at radius 3 is 2.68 bits per heavy atom. The van der Waals surface area contributed by atoms with Crippen LogP contribution in [0.1, 0.15) is 27.2 Å². The van der Waals surface area contributed by atoms with Crippen LogP contribution in [0.25, 0.3) is 5.95 Å². The van der Waals surface area contributed by atoms with E-state index in [1.165, 1.54) is 17.3 Å². The Balaban J connectivity index is 2.27. The van der Waals surface area contributed by atoms with Crippen molar-refractivity contribution in [1.29, 1.82) is 0 Å². The van der Waals surface area contributed by atoms with Crippen LogP contribution >= 0.6 is 11.6 Å². The van der Waals surface area contributed by atoms with Crippen molar-refractivity contribution in [3.05, 3.63) is 17.9 Å². The summed E-state index contributed by atoms with van der Waals surface area (Å²) in [5.74, 6) is 1.26. The van der Waals surface area contributed by atoms with Crippen molar-refractivity contribution in [2.45, 2.75) is 33.2 Å². The van der Waals surface area contributed by atoms with Gasteiger partial charge in [0.15, 0.2) is 0 Å². The van der Waals surface area contributed by atoms with Crippen molar-refractivity contribution in [1.82, 2.24) is 29.7 Å². The average molecular weight is 282 g/mol. The number of anilines is 1. The van der Waals surface area contributed by atoms with Gasteiger partial charge in [-0.2, -0.15) is 24.7 Å². The number of rotatable bonds is 5. The van der Waals surface area contributed by atoms with Crippen LogP contribution in [0, 0.1) is 5.92 Å². The molecule has 102 valence electrons. The number of nitrogens with zero attached hydrogens (tertiary/aromatic N) is 6. The van der Waals surface area contributed by atoms with Gasteiger partial charge in [0.1, 0.15) is 12.7 Å². The summed E-state index contributed by atoms with van der Waals surface area (Å²) < 4.78 is 1.44. The molecule has 0 saturated carbocycles. The van der Waals surface area contributed by atoms with E-state index in [1.807, 2.05) is 0 Å². The lowest BCUT2D eigenvalue weighted by molar-refractivity contribution is 0.507. The largest absolute Gasteiger partial charge is 0.351 e. The normalized spacial score (nSPS) is 12.7. The molecule has 0 aliphatic rings. The maximum Gasteiger partial charge on any atom is 0.258 e. The first-order valence-electron chi connectivity index (χ1n) is 6.13. The van der Waals surface area contributed by atoms with Crippen LogP contribution in [0.4, 0.5) is 5.95 Å². The van der Waals surface area contributed by atoms with Crippen LogP contribution in [0.5, 0.6) is 0 Å². The van der Waals surface area contributed by atoms with E-state index >= 15 is 0 Å². The molecule has 0 aliphatic carbocycles. The third-order valence-electron chi connectivity index (χ3n) is 2.78. The van der Waals surface area contributed by atoms with E-state index in [9.17, 15) is 0 Å². The fourth-order valence-corrected chi connectivity index (χ4v) is 1.88. The smallest absolute Gasteiger partial charge is 0.258 e. The monoisotopic (exact) mass is 281 g/mol. The van der Waals surface area contributed by atoms with Gasteiger partial charge in [0.25, 0.3) is 5.95 Å². The molecule has 0 amide bonds. The fraction of sp³-hybridized carbons (Fsp3) is 0.545. The first-order chi connectivity index (χ1) is 9.10. The minimum Gasteiger partial charge on any atom is -0.351 e. The average Bonchev–Trinajstić information content (AvgIpc) is 2.88. The minimum absolute atomic E-state index is 0.126. The summed E-state index contributed by atoms with van der Waals surface area (Å²) in [4.78, 5) is 16.2. The van der Waals surface area contributed by atoms with Gasteiger partial charge >= 0.3 is 0 Å². The SMILES string of the molecule is CCC(Nc1nc(Cl)nc(-n2cncn2)n1)C(C)C. The highest BCUT2D eigenvalue weighted by Gasteiger charge is 2.14. The maximum atomic E-state index is 5.91. The topological polar surface area (TPSA) is 81.4 Å². The molecule has 19 heavy (non-hydrogen) atoms. The van der Waals surface area contributed by atoms with Crippen molar-refractivity contribution in [2.75, 3.05) is 5.32 Å². The van der Waals surface area contributed by atoms with Crippen molar-refractivity contribution in [3.63, 3.8) is 0 Å². The van der Waals surface area contributed by atoms with Gasteiger partial charge in [0.2, 0.25) is 11.2 Å². The quantitative estimate of drug-likeness (QED) is 0.902. The first kappa shape index (κ1) is 13.7. The third kappa shape index (κ3) is 3.37. The van der Waals surface area contributed by atoms with E-state index in [1.54, 1.807) is 0 Å². The number of nitrogens with one attached hydrogen (secondary N) is 1. The molecule has 0 aliphatic heterocycles. The van der Waals surface area contributed by atoms with Gasteiger partial charge in [0.05, 0.1) is 0 Å². The molecule has 0 saturated heterocycles. The zero-order valence-electron chi connectivity index (χ0n) is 11.1. The van der Waals surface area contributed by atoms with Crippen molar-refractivity contribution in [3.8, 4) is 5.95 Å². The van der Waals surface area contributed by atoms with Crippen LogP contribution < -0.4 is 5.32 Å². The van der Waals surface area contributed by atoms with Crippen LogP contribution in [0.15, 0.2) is 12.7 Å². The molecular formula is C11H16ClN7. The van der Waals surface area contributed by atoms with E-state index in [4.69, 9.17) is 11.6 Å². The lowest BCUT2D eigenvalue weighted by Gasteiger charge is -2.20. The van der Waals surface area contributed by atoms with E-state index in [-0.39, 0.29) is 11.3 Å². The van der Waals surface area contributed by atoms with E-state index in [2.05, 4.69) is 51.1 Å². The molecular weight excluding hydrogens is 266 g/mol. The second-order valence-electron chi connectivity index (χ2n) is 4.47. The molecule has 1 atom stereocenters. The van der Waals surface area contributed by atoms with Crippen LogP contribution in [0.2, 0.25) is 5.28 Å². The van der Waals surface area contributed by atoms with Gasteiger partial charge in [-0.25, -0.2) is 4.98 Å². The summed E-state index contributed by atoms with van der Waals surface area (Å²) in [7, 11) is 0. The first-order valence-corrected chi connectivity index (χ1v) is 6.51. The summed E-state index contributed by atoms with van der Waals surface area (Å²) in [5.41, 5.74) is 0. The molecule has 0 fully saturated rings. The summed E-state index contributed by atoms with van der Waals surface area (Å²) >= 11 is 5.91. The van der Waals surface area contributed by atoms with Gasteiger partial charge in [-0.15, -0.1) is 0 Å². The predicted octanol–water partition coefficient (Wildman–Crippen LogP) is 1.95. The highest BCUT2D eigenvalue weighted by molar-refractivity contribution is 6.28. The minimum atomic E-state index is 0.126. The Kier molecular flexibility index (Phi) is 4.26. The highest BCUT2D eigenvalue weighted by atomic mass is 35.5. The van der Waals surface area contributed by atoms with Crippen molar-refractivity contribution < 1.29 is 0 Å². The molecule has 2 heterocycles. The zero-order chi connectivity index (χ0) is 13.8. The molecule has 7 nitrogen and oxygen atoms in total. The Hall–Kier alpha value is -1.76. The lowest BCUT2D eigenvalue weighted by Crippen LogP contribution is -2.26. The van der Waals surface area contributed by atoms with Crippen molar-refractivity contribution >= 4 is 17.5 Å². The zero-order valence-corrected chi connectivity index (χ0v) is 11.8. The summed E-state index contributed by atoms with van der Waals surface area (Å²) in [5, 5.41) is 7.36. The summed E-state index contributed by atoms with van der Waals surface area (Å²) in [6.07, 6.45) is 3.89. The number of hydrogen-bond acceptors (Lipinski definition) is 6. The van der Waals surface area contributed by atoms with Crippen LogP contribution in [-0.4, -0.2) is 35.8 Å². The fourth-order valence-electron chi connectivity index (χ4n) is 1.72. The van der Waals surface area contributed by atoms with Gasteiger partial charge in [0, 0.05) is 6.04 Å². The van der Waals surface area contributed by atoms with Crippen molar-refractivity contribution in [2.24, 2.45) is 5.92 Å². The van der Waals surface area contributed by atoms with Crippen LogP contribution in [0.3, 0.4) is 0 Å². The van der Waals surface area contributed by atoms with Gasteiger partial charge < -0.3 is 5.32 Å². The Morgan fingerprint density at radius 1 is 1.32 bits per heavy atom. The Labute approximate surface area is 116 Å². The molecule has 0 bridgehead atoms. The molecule has 2 aromatic rings. The van der Waals surface area contributed by atoms with Gasteiger partial charge in [-0.1, -0.05) is 20.8 Å².